The van der Waals surface area contributed by atoms with Crippen LogP contribution in [0.15, 0.2) is 82.8 Å². The van der Waals surface area contributed by atoms with Crippen LogP contribution in [0, 0.1) is 13.8 Å². The molecule has 0 bridgehead atoms. The van der Waals surface area contributed by atoms with E-state index >= 15 is 0 Å². The normalized spacial score (nSPS) is 13.2. The summed E-state index contributed by atoms with van der Waals surface area (Å²) in [7, 11) is -7.71. The molecule has 0 radical (unpaired) electrons. The molecule has 0 aliphatic carbocycles. The monoisotopic (exact) mass is 430 g/mol. The Morgan fingerprint density at radius 2 is 1.38 bits per heavy atom. The van der Waals surface area contributed by atoms with Crippen molar-refractivity contribution in [2.24, 2.45) is 0 Å². The summed E-state index contributed by atoms with van der Waals surface area (Å²) in [5.74, 6) is 0. The van der Waals surface area contributed by atoms with Crippen molar-refractivity contribution in [3.8, 4) is 0 Å². The van der Waals surface area contributed by atoms with Gasteiger partial charge in [0.2, 0.25) is 10.0 Å². The summed E-state index contributed by atoms with van der Waals surface area (Å²) in [6, 6.07) is 16.1. The molecule has 6 nitrogen and oxygen atoms in total. The van der Waals surface area contributed by atoms with Crippen molar-refractivity contribution in [2.75, 3.05) is 6.54 Å². The summed E-state index contributed by atoms with van der Waals surface area (Å²) >= 11 is 0. The molecular formula is C21H22N2O4S2. The van der Waals surface area contributed by atoms with Crippen LogP contribution in [-0.4, -0.2) is 28.4 Å². The number of hydrogen-bond donors (Lipinski definition) is 1. The molecule has 0 aliphatic rings. The summed E-state index contributed by atoms with van der Waals surface area (Å²) in [6.07, 6.45) is 2.98. The van der Waals surface area contributed by atoms with Crippen molar-refractivity contribution < 1.29 is 16.8 Å². The first kappa shape index (κ1) is 21.2. The summed E-state index contributed by atoms with van der Waals surface area (Å²) in [4.78, 5) is 4.21. The quantitative estimate of drug-likeness (QED) is 0.621. The molecule has 0 saturated carbocycles. The average Bonchev–Trinajstić information content (AvgIpc) is 2.69. The largest absolute Gasteiger partial charge is 0.264 e. The van der Waals surface area contributed by atoms with Gasteiger partial charge in [-0.25, -0.2) is 21.6 Å². The van der Waals surface area contributed by atoms with E-state index in [4.69, 9.17) is 0 Å². The molecule has 152 valence electrons. The lowest BCUT2D eigenvalue weighted by Crippen LogP contribution is -2.32. The molecule has 8 heteroatoms. The van der Waals surface area contributed by atoms with Gasteiger partial charge in [0.1, 0.15) is 5.25 Å². The second kappa shape index (κ2) is 8.44. The maximum Gasteiger partial charge on any atom is 0.240 e. The van der Waals surface area contributed by atoms with Crippen LogP contribution in [0.25, 0.3) is 0 Å². The average molecular weight is 431 g/mol. The van der Waals surface area contributed by atoms with Crippen LogP contribution in [-0.2, 0) is 19.9 Å². The first-order valence-corrected chi connectivity index (χ1v) is 12.0. The van der Waals surface area contributed by atoms with Crippen LogP contribution >= 0.6 is 0 Å². The van der Waals surface area contributed by atoms with Crippen LogP contribution in [0.4, 0.5) is 0 Å². The van der Waals surface area contributed by atoms with Gasteiger partial charge >= 0.3 is 0 Å². The molecule has 1 N–H and O–H groups in total. The van der Waals surface area contributed by atoms with Gasteiger partial charge < -0.3 is 0 Å². The SMILES string of the molecule is Cc1ccc(S(=O)(=O)NCC(c2cccnc2)S(=O)(=O)c2ccc(C)cc2)cc1. The lowest BCUT2D eigenvalue weighted by molar-refractivity contribution is 0.568. The van der Waals surface area contributed by atoms with Crippen molar-refractivity contribution in [3.63, 3.8) is 0 Å². The number of sulfonamides is 1. The molecule has 29 heavy (non-hydrogen) atoms. The van der Waals surface area contributed by atoms with E-state index in [9.17, 15) is 16.8 Å². The van der Waals surface area contributed by atoms with Gasteiger partial charge in [0, 0.05) is 18.9 Å². The van der Waals surface area contributed by atoms with Crippen molar-refractivity contribution in [1.29, 1.82) is 0 Å². The van der Waals surface area contributed by atoms with Crippen molar-refractivity contribution in [3.05, 3.63) is 89.7 Å². The van der Waals surface area contributed by atoms with E-state index in [1.807, 2.05) is 13.8 Å². The maximum atomic E-state index is 13.3. The first-order chi connectivity index (χ1) is 13.7. The lowest BCUT2D eigenvalue weighted by Gasteiger charge is -2.19. The minimum absolute atomic E-state index is 0.0840. The summed E-state index contributed by atoms with van der Waals surface area (Å²) in [5.41, 5.74) is 2.28. The Hall–Kier alpha value is -2.55. The van der Waals surface area contributed by atoms with Crippen molar-refractivity contribution >= 4 is 19.9 Å². The van der Waals surface area contributed by atoms with E-state index in [1.165, 1.54) is 36.7 Å². The zero-order valence-corrected chi connectivity index (χ0v) is 17.7. The highest BCUT2D eigenvalue weighted by Gasteiger charge is 2.31. The van der Waals surface area contributed by atoms with E-state index in [1.54, 1.807) is 36.4 Å². The van der Waals surface area contributed by atoms with Crippen LogP contribution in [0.2, 0.25) is 0 Å². The zero-order valence-electron chi connectivity index (χ0n) is 16.1. The topological polar surface area (TPSA) is 93.2 Å². The Labute approximate surface area is 171 Å². The lowest BCUT2D eigenvalue weighted by atomic mass is 10.2. The zero-order chi connectivity index (χ0) is 21.1. The van der Waals surface area contributed by atoms with E-state index in [2.05, 4.69) is 9.71 Å². The van der Waals surface area contributed by atoms with Crippen molar-refractivity contribution in [2.45, 2.75) is 28.9 Å². The van der Waals surface area contributed by atoms with E-state index in [-0.39, 0.29) is 16.3 Å². The fourth-order valence-electron chi connectivity index (χ4n) is 2.85. The number of aromatic nitrogens is 1. The summed E-state index contributed by atoms with van der Waals surface area (Å²) in [6.45, 7) is 3.42. The molecule has 2 aromatic carbocycles. The number of pyridine rings is 1. The Kier molecular flexibility index (Phi) is 6.16. The molecule has 1 heterocycles. The third kappa shape index (κ3) is 4.90. The van der Waals surface area contributed by atoms with Gasteiger partial charge in [-0.3, -0.25) is 4.98 Å². The van der Waals surface area contributed by atoms with Gasteiger partial charge in [-0.15, -0.1) is 0 Å². The number of nitrogens with zero attached hydrogens (tertiary/aromatic N) is 1. The third-order valence-electron chi connectivity index (χ3n) is 4.57. The summed E-state index contributed by atoms with van der Waals surface area (Å²) < 4.78 is 54.3. The maximum absolute atomic E-state index is 13.3. The minimum Gasteiger partial charge on any atom is -0.264 e. The molecule has 0 amide bonds. The highest BCUT2D eigenvalue weighted by molar-refractivity contribution is 7.92. The van der Waals surface area contributed by atoms with Gasteiger partial charge in [-0.2, -0.15) is 0 Å². The molecule has 1 atom stereocenters. The molecule has 0 saturated heterocycles. The van der Waals surface area contributed by atoms with E-state index in [0.29, 0.717) is 5.56 Å². The van der Waals surface area contributed by atoms with Gasteiger partial charge in [-0.1, -0.05) is 41.5 Å². The molecule has 3 aromatic rings. The number of rotatable bonds is 7. The Morgan fingerprint density at radius 3 is 1.90 bits per heavy atom. The fourth-order valence-corrected chi connectivity index (χ4v) is 5.65. The first-order valence-electron chi connectivity index (χ1n) is 8.97. The molecule has 3 rings (SSSR count). The summed E-state index contributed by atoms with van der Waals surface area (Å²) in [5, 5.41) is -1.11. The standard InChI is InChI=1S/C21H22N2O4S2/c1-16-5-9-19(10-6-16)28(24,25)21(18-4-3-13-22-14-18)15-23-29(26,27)20-11-7-17(2)8-12-20/h3-14,21,23H,15H2,1-2H3. The molecular weight excluding hydrogens is 408 g/mol. The van der Waals surface area contributed by atoms with Gasteiger partial charge in [0.25, 0.3) is 0 Å². The molecule has 0 spiro atoms. The second-order valence-corrected chi connectivity index (χ2v) is 10.7. The molecule has 1 aromatic heterocycles. The Balaban J connectivity index is 1.95. The number of aryl methyl sites for hydroxylation is 2. The van der Waals surface area contributed by atoms with Crippen molar-refractivity contribution in [1.82, 2.24) is 9.71 Å². The van der Waals surface area contributed by atoms with Crippen LogP contribution in [0.1, 0.15) is 21.9 Å². The van der Waals surface area contributed by atoms with Crippen LogP contribution < -0.4 is 4.72 Å². The highest BCUT2D eigenvalue weighted by atomic mass is 32.2. The van der Waals surface area contributed by atoms with Crippen LogP contribution in [0.3, 0.4) is 0 Å². The predicted octanol–water partition coefficient (Wildman–Crippen LogP) is 3.19. The Morgan fingerprint density at radius 1 is 0.828 bits per heavy atom. The smallest absolute Gasteiger partial charge is 0.240 e. The second-order valence-electron chi connectivity index (χ2n) is 6.80. The molecule has 1 unspecified atom stereocenters. The molecule has 0 aliphatic heterocycles. The van der Waals surface area contributed by atoms with Gasteiger partial charge in [-0.05, 0) is 49.7 Å². The Bertz CT molecular complexity index is 1170. The highest BCUT2D eigenvalue weighted by Crippen LogP contribution is 2.28. The fraction of sp³-hybridized carbons (Fsp3) is 0.190. The van der Waals surface area contributed by atoms with E-state index < -0.39 is 25.1 Å². The predicted molar refractivity (Wildman–Crippen MR) is 112 cm³/mol. The van der Waals surface area contributed by atoms with Gasteiger partial charge in [0.05, 0.1) is 9.79 Å². The van der Waals surface area contributed by atoms with E-state index in [0.717, 1.165) is 11.1 Å². The third-order valence-corrected chi connectivity index (χ3v) is 8.13. The number of hydrogen-bond acceptors (Lipinski definition) is 5. The minimum atomic E-state index is -3.86. The molecule has 0 fully saturated rings. The number of sulfone groups is 1. The number of nitrogens with one attached hydrogen (secondary N) is 1. The van der Waals surface area contributed by atoms with Gasteiger partial charge in [0.15, 0.2) is 9.84 Å². The number of benzene rings is 2. The van der Waals surface area contributed by atoms with Crippen LogP contribution in [0.5, 0.6) is 0 Å².